The molecular formula is C58H55N4OPt-. The number of pyridine rings is 1. The Hall–Kier alpha value is -6.29. The van der Waals surface area contributed by atoms with Gasteiger partial charge in [-0.3, -0.25) is 9.55 Å². The first-order chi connectivity index (χ1) is 30.2. The van der Waals surface area contributed by atoms with Gasteiger partial charge in [0.05, 0.1) is 16.6 Å². The van der Waals surface area contributed by atoms with Gasteiger partial charge in [0.1, 0.15) is 11.6 Å². The number of benzene rings is 7. The Balaban J connectivity index is 0.00000560. The summed E-state index contributed by atoms with van der Waals surface area (Å²) in [6, 6.07) is 57.2. The fourth-order valence-electron chi connectivity index (χ4n) is 8.75. The Morgan fingerprint density at radius 2 is 1.20 bits per heavy atom. The van der Waals surface area contributed by atoms with Crippen molar-refractivity contribution in [3.05, 3.63) is 186 Å². The zero-order valence-corrected chi connectivity index (χ0v) is 40.4. The first kappa shape index (κ1) is 44.3. The molecule has 2 heterocycles. The van der Waals surface area contributed by atoms with E-state index < -0.39 is 0 Å². The average Bonchev–Trinajstić information content (AvgIpc) is 3.65. The number of rotatable bonds is 8. The predicted octanol–water partition coefficient (Wildman–Crippen LogP) is 15.6. The minimum absolute atomic E-state index is 0. The van der Waals surface area contributed by atoms with Crippen molar-refractivity contribution in [3.8, 4) is 45.1 Å². The standard InChI is InChI=1S/C58H55N4O.Pt/c1-37(2)47-29-30-59-54-48(21-16-22-49(47)54)39-31-38(3)32-40(33-39)50-35-46(61(43-17-12-10-13-18-43)44-19-14-11-15-20-44)36-52-55(50)60-56(51-34-42(58(7,8)9)25-28-53(51)63)62(52)45-26-23-41(24-27-45)57(4,5)6;/h10-32,34-37,63H,1-9H3;/q-1;. The summed E-state index contributed by atoms with van der Waals surface area (Å²) in [7, 11) is 0. The number of hydrogen-bond donors (Lipinski definition) is 1. The van der Waals surface area contributed by atoms with Crippen LogP contribution in [0.25, 0.3) is 61.3 Å². The molecule has 64 heavy (non-hydrogen) atoms. The normalized spacial score (nSPS) is 11.9. The fraction of sp³-hybridized carbons (Fsp3) is 0.207. The van der Waals surface area contributed by atoms with Crippen LogP contribution in [0.4, 0.5) is 17.1 Å². The van der Waals surface area contributed by atoms with Crippen molar-refractivity contribution >= 4 is 39.0 Å². The summed E-state index contributed by atoms with van der Waals surface area (Å²) in [4.78, 5) is 12.9. The predicted molar refractivity (Wildman–Crippen MR) is 264 cm³/mol. The SMILES string of the molecule is Cc1cc(-c2cccc3c(C(C)C)ccnc23)[c-]c(-c2cc(N(c3ccccc3)c3ccccc3)cc3c2nc(-c2cc(C(C)(C)C)ccc2O)n3-c2ccc(C(C)(C)C)cc2)c1.[Pt]. The monoisotopic (exact) mass is 1020 g/mol. The third-order valence-electron chi connectivity index (χ3n) is 12.1. The van der Waals surface area contributed by atoms with Crippen LogP contribution in [0, 0.1) is 13.0 Å². The molecule has 6 heteroatoms. The van der Waals surface area contributed by atoms with Crippen LogP contribution in [0.1, 0.15) is 83.6 Å². The van der Waals surface area contributed by atoms with Gasteiger partial charge in [-0.25, -0.2) is 4.98 Å². The smallest absolute Gasteiger partial charge is 0.148 e. The molecule has 0 aliphatic heterocycles. The van der Waals surface area contributed by atoms with E-state index in [0.717, 1.165) is 78.1 Å². The molecule has 0 aliphatic rings. The number of nitrogens with zero attached hydrogens (tertiary/aromatic N) is 4. The van der Waals surface area contributed by atoms with Gasteiger partial charge in [0.2, 0.25) is 0 Å². The molecule has 9 aromatic rings. The molecule has 0 saturated carbocycles. The third kappa shape index (κ3) is 8.42. The molecule has 1 N–H and O–H groups in total. The van der Waals surface area contributed by atoms with E-state index in [4.69, 9.17) is 9.97 Å². The number of hydrogen-bond acceptors (Lipinski definition) is 4. The first-order valence-corrected chi connectivity index (χ1v) is 22.0. The maximum Gasteiger partial charge on any atom is 0.148 e. The molecule has 0 atom stereocenters. The maximum absolute atomic E-state index is 11.8. The summed E-state index contributed by atoms with van der Waals surface area (Å²) in [6.07, 6.45) is 1.93. The number of fused-ring (bicyclic) bond motifs is 2. The molecule has 324 valence electrons. The maximum atomic E-state index is 11.8. The van der Waals surface area contributed by atoms with Crippen LogP contribution in [0.3, 0.4) is 0 Å². The third-order valence-corrected chi connectivity index (χ3v) is 12.1. The van der Waals surface area contributed by atoms with Gasteiger partial charge in [-0.1, -0.05) is 152 Å². The number of para-hydroxylation sites is 3. The van der Waals surface area contributed by atoms with Crippen molar-refractivity contribution in [1.82, 2.24) is 14.5 Å². The van der Waals surface area contributed by atoms with Crippen LogP contribution in [-0.2, 0) is 31.9 Å². The molecule has 0 saturated heterocycles. The largest absolute Gasteiger partial charge is 0.507 e. The second-order valence-electron chi connectivity index (χ2n) is 19.2. The van der Waals surface area contributed by atoms with Gasteiger partial charge in [0, 0.05) is 55.5 Å². The van der Waals surface area contributed by atoms with Crippen LogP contribution in [0.2, 0.25) is 0 Å². The molecule has 0 spiro atoms. The summed E-state index contributed by atoms with van der Waals surface area (Å²) in [6.45, 7) is 19.9. The van der Waals surface area contributed by atoms with Crippen molar-refractivity contribution in [3.63, 3.8) is 0 Å². The fourth-order valence-corrected chi connectivity index (χ4v) is 8.75. The van der Waals surface area contributed by atoms with Crippen LogP contribution in [0.15, 0.2) is 158 Å². The van der Waals surface area contributed by atoms with Gasteiger partial charge in [-0.05, 0) is 99.5 Å². The summed E-state index contributed by atoms with van der Waals surface area (Å²) in [5, 5.41) is 13.0. The summed E-state index contributed by atoms with van der Waals surface area (Å²) >= 11 is 0. The van der Waals surface area contributed by atoms with Gasteiger partial charge in [-0.15, -0.1) is 34.9 Å². The number of anilines is 3. The van der Waals surface area contributed by atoms with Crippen molar-refractivity contribution in [2.45, 2.75) is 79.1 Å². The second-order valence-corrected chi connectivity index (χ2v) is 19.2. The van der Waals surface area contributed by atoms with E-state index >= 15 is 0 Å². The van der Waals surface area contributed by atoms with E-state index in [0.29, 0.717) is 17.3 Å². The van der Waals surface area contributed by atoms with Gasteiger partial charge in [0.25, 0.3) is 0 Å². The molecule has 0 amide bonds. The van der Waals surface area contributed by atoms with Crippen molar-refractivity contribution in [1.29, 1.82) is 0 Å². The Labute approximate surface area is 392 Å². The van der Waals surface area contributed by atoms with Crippen LogP contribution in [0.5, 0.6) is 5.75 Å². The molecule has 0 radical (unpaired) electrons. The van der Waals surface area contributed by atoms with Crippen LogP contribution in [-0.4, -0.2) is 19.6 Å². The van der Waals surface area contributed by atoms with E-state index in [1.165, 1.54) is 11.1 Å². The minimum Gasteiger partial charge on any atom is -0.507 e. The molecule has 0 unspecified atom stereocenters. The Kier molecular flexibility index (Phi) is 12.0. The molecule has 0 bridgehead atoms. The summed E-state index contributed by atoms with van der Waals surface area (Å²) in [5.41, 5.74) is 15.7. The molecule has 2 aromatic heterocycles. The molecule has 9 rings (SSSR count). The van der Waals surface area contributed by atoms with E-state index in [9.17, 15) is 5.11 Å². The zero-order chi connectivity index (χ0) is 44.2. The number of phenols is 1. The summed E-state index contributed by atoms with van der Waals surface area (Å²) in [5.74, 6) is 1.19. The number of imidazole rings is 1. The number of phenolic OH excluding ortho intramolecular Hbond substituents is 1. The summed E-state index contributed by atoms with van der Waals surface area (Å²) < 4.78 is 2.23. The van der Waals surface area contributed by atoms with Gasteiger partial charge in [0.15, 0.2) is 0 Å². The number of aromatic hydroxyl groups is 1. The van der Waals surface area contributed by atoms with Crippen LogP contribution < -0.4 is 4.90 Å². The minimum atomic E-state index is -0.156. The van der Waals surface area contributed by atoms with E-state index in [1.807, 2.05) is 18.3 Å². The Bertz CT molecular complexity index is 3080. The first-order valence-electron chi connectivity index (χ1n) is 22.0. The Morgan fingerprint density at radius 3 is 1.81 bits per heavy atom. The number of aromatic nitrogens is 3. The quantitative estimate of drug-likeness (QED) is 0.154. The molecule has 5 nitrogen and oxygen atoms in total. The van der Waals surface area contributed by atoms with E-state index in [2.05, 4.69) is 217 Å². The number of aryl methyl sites for hydroxylation is 1. The van der Waals surface area contributed by atoms with Gasteiger partial charge < -0.3 is 10.0 Å². The Morgan fingerprint density at radius 1 is 0.594 bits per heavy atom. The second kappa shape index (κ2) is 17.4. The van der Waals surface area contributed by atoms with Crippen LogP contribution >= 0.6 is 0 Å². The van der Waals surface area contributed by atoms with Crippen molar-refractivity contribution in [2.24, 2.45) is 0 Å². The van der Waals surface area contributed by atoms with E-state index in [-0.39, 0.29) is 37.6 Å². The van der Waals surface area contributed by atoms with Gasteiger partial charge in [-0.2, -0.15) is 0 Å². The van der Waals surface area contributed by atoms with Crippen molar-refractivity contribution in [2.75, 3.05) is 4.90 Å². The van der Waals surface area contributed by atoms with E-state index in [1.54, 1.807) is 0 Å². The molecule has 7 aromatic carbocycles. The topological polar surface area (TPSA) is 54.2 Å². The molecule has 0 aliphatic carbocycles. The molecule has 0 fully saturated rings. The average molecular weight is 1020 g/mol. The van der Waals surface area contributed by atoms with Gasteiger partial charge >= 0.3 is 0 Å². The zero-order valence-electron chi connectivity index (χ0n) is 38.1. The molecular weight excluding hydrogens is 964 g/mol. The van der Waals surface area contributed by atoms with Crippen molar-refractivity contribution < 1.29 is 26.2 Å².